The number of hydrazone groups is 1. The van der Waals surface area contributed by atoms with Crippen molar-refractivity contribution in [3.63, 3.8) is 0 Å². The zero-order valence-corrected chi connectivity index (χ0v) is 13.2. The fraction of sp³-hybridized carbons (Fsp3) is 0.211. The molecule has 117 valence electrons. The molecule has 0 saturated carbocycles. The molecular weight excluding hydrogens is 286 g/mol. The Morgan fingerprint density at radius 1 is 1.00 bits per heavy atom. The molecule has 0 unspecified atom stereocenters. The topological polar surface area (TPSA) is 35.9 Å². The Morgan fingerprint density at radius 2 is 1.65 bits per heavy atom. The van der Waals surface area contributed by atoms with Gasteiger partial charge in [0.2, 0.25) is 0 Å². The maximum Gasteiger partial charge on any atom is 0.160 e. The summed E-state index contributed by atoms with van der Waals surface area (Å²) in [7, 11) is 1.94. The first-order valence-electron chi connectivity index (χ1n) is 7.76. The second-order valence-corrected chi connectivity index (χ2v) is 5.64. The molecule has 1 aliphatic heterocycles. The number of ketones is 1. The SMILES string of the molecule is CN1[CH]N(CC(=O)CCc2ccccc2)N=C1c1ccccc1. The van der Waals surface area contributed by atoms with E-state index in [4.69, 9.17) is 0 Å². The number of rotatable bonds is 6. The summed E-state index contributed by atoms with van der Waals surface area (Å²) in [5.74, 6) is 1.05. The third-order valence-electron chi connectivity index (χ3n) is 3.77. The summed E-state index contributed by atoms with van der Waals surface area (Å²) in [6.45, 7) is 2.18. The molecule has 4 nitrogen and oxygen atoms in total. The van der Waals surface area contributed by atoms with Gasteiger partial charge in [-0.2, -0.15) is 5.10 Å². The monoisotopic (exact) mass is 306 g/mol. The van der Waals surface area contributed by atoms with E-state index in [1.807, 2.05) is 67.1 Å². The Labute approximate surface area is 137 Å². The zero-order chi connectivity index (χ0) is 16.1. The van der Waals surface area contributed by atoms with Crippen LogP contribution in [0, 0.1) is 6.67 Å². The van der Waals surface area contributed by atoms with Crippen LogP contribution in [0.5, 0.6) is 0 Å². The average Bonchev–Trinajstić information content (AvgIpc) is 2.95. The van der Waals surface area contributed by atoms with Gasteiger partial charge in [0.1, 0.15) is 0 Å². The van der Waals surface area contributed by atoms with E-state index in [1.165, 1.54) is 5.56 Å². The van der Waals surface area contributed by atoms with Gasteiger partial charge in [-0.25, -0.2) is 0 Å². The highest BCUT2D eigenvalue weighted by Crippen LogP contribution is 2.16. The number of Topliss-reactive ketones (excluding diaryl/α,β-unsaturated/α-hetero) is 1. The third kappa shape index (κ3) is 3.97. The van der Waals surface area contributed by atoms with E-state index in [9.17, 15) is 4.79 Å². The summed E-state index contributed by atoms with van der Waals surface area (Å²) in [4.78, 5) is 14.1. The molecule has 4 heteroatoms. The lowest BCUT2D eigenvalue weighted by molar-refractivity contribution is -0.119. The Bertz CT molecular complexity index is 682. The molecular formula is C19H20N3O. The number of hydrogen-bond acceptors (Lipinski definition) is 4. The van der Waals surface area contributed by atoms with Crippen LogP contribution in [0.1, 0.15) is 17.5 Å². The van der Waals surface area contributed by atoms with Crippen LogP contribution >= 0.6 is 0 Å². The molecule has 0 amide bonds. The molecule has 0 aromatic heterocycles. The molecule has 2 aromatic rings. The van der Waals surface area contributed by atoms with Crippen molar-refractivity contribution < 1.29 is 4.79 Å². The van der Waals surface area contributed by atoms with E-state index in [2.05, 4.69) is 17.2 Å². The van der Waals surface area contributed by atoms with Gasteiger partial charge in [-0.1, -0.05) is 60.7 Å². The Hall–Kier alpha value is -2.62. The molecule has 1 aliphatic rings. The minimum absolute atomic E-state index is 0.191. The molecule has 1 radical (unpaired) electrons. The molecule has 0 atom stereocenters. The molecule has 0 fully saturated rings. The first-order chi connectivity index (χ1) is 11.2. The molecule has 0 N–H and O–H groups in total. The summed E-state index contributed by atoms with van der Waals surface area (Å²) in [5, 5.41) is 6.25. The van der Waals surface area contributed by atoms with Gasteiger partial charge < -0.3 is 4.90 Å². The van der Waals surface area contributed by atoms with Crippen LogP contribution < -0.4 is 0 Å². The average molecular weight is 306 g/mol. The first kappa shape index (κ1) is 15.3. The summed E-state index contributed by atoms with van der Waals surface area (Å²) >= 11 is 0. The second-order valence-electron chi connectivity index (χ2n) is 5.64. The lowest BCUT2D eigenvalue weighted by Gasteiger charge is -2.14. The van der Waals surface area contributed by atoms with Crippen molar-refractivity contribution in [1.82, 2.24) is 9.91 Å². The second kappa shape index (κ2) is 7.09. The molecule has 23 heavy (non-hydrogen) atoms. The fourth-order valence-corrected chi connectivity index (χ4v) is 2.59. The number of carbonyl (C=O) groups excluding carboxylic acids is 1. The van der Waals surface area contributed by atoms with Gasteiger partial charge in [0, 0.05) is 19.0 Å². The summed E-state index contributed by atoms with van der Waals surface area (Å²) in [5.41, 5.74) is 2.24. The lowest BCUT2D eigenvalue weighted by atomic mass is 10.1. The molecule has 0 saturated heterocycles. The van der Waals surface area contributed by atoms with Crippen LogP contribution in [0.3, 0.4) is 0 Å². The zero-order valence-electron chi connectivity index (χ0n) is 13.2. The van der Waals surface area contributed by atoms with Crippen molar-refractivity contribution in [3.8, 4) is 0 Å². The van der Waals surface area contributed by atoms with E-state index < -0.39 is 0 Å². The van der Waals surface area contributed by atoms with Crippen LogP contribution in [0.4, 0.5) is 0 Å². The summed E-state index contributed by atoms with van der Waals surface area (Å²) < 4.78 is 0. The van der Waals surface area contributed by atoms with E-state index in [0.717, 1.165) is 17.8 Å². The van der Waals surface area contributed by atoms with Gasteiger partial charge in [-0.05, 0) is 12.0 Å². The summed E-state index contributed by atoms with van der Waals surface area (Å²) in [6.07, 6.45) is 1.31. The summed E-state index contributed by atoms with van der Waals surface area (Å²) in [6, 6.07) is 20.1. The van der Waals surface area contributed by atoms with Crippen LogP contribution in [0.25, 0.3) is 0 Å². The van der Waals surface area contributed by atoms with E-state index >= 15 is 0 Å². The van der Waals surface area contributed by atoms with Crippen molar-refractivity contribution in [2.45, 2.75) is 12.8 Å². The van der Waals surface area contributed by atoms with Gasteiger partial charge >= 0.3 is 0 Å². The van der Waals surface area contributed by atoms with Crippen molar-refractivity contribution in [2.75, 3.05) is 13.6 Å². The van der Waals surface area contributed by atoms with Crippen molar-refractivity contribution in [2.24, 2.45) is 5.10 Å². The molecule has 2 aromatic carbocycles. The predicted molar refractivity (Wildman–Crippen MR) is 91.5 cm³/mol. The van der Waals surface area contributed by atoms with Crippen molar-refractivity contribution in [1.29, 1.82) is 0 Å². The molecule has 0 bridgehead atoms. The molecule has 0 aliphatic carbocycles. The van der Waals surface area contributed by atoms with Gasteiger partial charge in [0.05, 0.1) is 6.54 Å². The van der Waals surface area contributed by atoms with Crippen LogP contribution in [-0.2, 0) is 11.2 Å². The number of amidine groups is 1. The van der Waals surface area contributed by atoms with Crippen LogP contribution in [-0.4, -0.2) is 35.1 Å². The van der Waals surface area contributed by atoms with Gasteiger partial charge in [-0.3, -0.25) is 9.80 Å². The number of nitrogens with zero attached hydrogens (tertiary/aromatic N) is 3. The Kier molecular flexibility index (Phi) is 4.71. The quantitative estimate of drug-likeness (QED) is 0.823. The van der Waals surface area contributed by atoms with Crippen LogP contribution in [0.15, 0.2) is 65.8 Å². The highest BCUT2D eigenvalue weighted by Gasteiger charge is 2.23. The van der Waals surface area contributed by atoms with Crippen LogP contribution in [0.2, 0.25) is 0 Å². The number of aryl methyl sites for hydroxylation is 1. The highest BCUT2D eigenvalue weighted by atomic mass is 16.1. The normalized spacial score (nSPS) is 14.0. The lowest BCUT2D eigenvalue weighted by Crippen LogP contribution is -2.25. The maximum absolute atomic E-state index is 12.2. The maximum atomic E-state index is 12.2. The van der Waals surface area contributed by atoms with E-state index in [1.54, 1.807) is 5.01 Å². The Balaban J connectivity index is 1.56. The molecule has 1 heterocycles. The third-order valence-corrected chi connectivity index (χ3v) is 3.77. The first-order valence-corrected chi connectivity index (χ1v) is 7.76. The minimum atomic E-state index is 0.191. The predicted octanol–water partition coefficient (Wildman–Crippen LogP) is 2.92. The van der Waals surface area contributed by atoms with Crippen molar-refractivity contribution >= 4 is 11.6 Å². The standard InChI is InChI=1S/C19H20N3O/c1-21-15-22(20-19(21)17-10-6-3-7-11-17)14-18(23)13-12-16-8-4-2-5-9-16/h2-11,15H,12-14H2,1H3. The minimum Gasteiger partial charge on any atom is -0.333 e. The highest BCUT2D eigenvalue weighted by molar-refractivity contribution is 6.00. The fourth-order valence-electron chi connectivity index (χ4n) is 2.59. The number of carbonyl (C=O) groups is 1. The van der Waals surface area contributed by atoms with Gasteiger partial charge in [-0.15, -0.1) is 0 Å². The molecule has 3 rings (SSSR count). The largest absolute Gasteiger partial charge is 0.333 e. The van der Waals surface area contributed by atoms with Crippen molar-refractivity contribution in [3.05, 3.63) is 78.5 Å². The number of benzene rings is 2. The Morgan fingerprint density at radius 3 is 2.35 bits per heavy atom. The van der Waals surface area contributed by atoms with Gasteiger partial charge in [0.25, 0.3) is 0 Å². The number of hydrogen-bond donors (Lipinski definition) is 0. The molecule has 0 spiro atoms. The van der Waals surface area contributed by atoms with Gasteiger partial charge in [0.15, 0.2) is 18.3 Å². The smallest absolute Gasteiger partial charge is 0.160 e. The van der Waals surface area contributed by atoms with E-state index in [-0.39, 0.29) is 5.78 Å². The van der Waals surface area contributed by atoms with E-state index in [0.29, 0.717) is 13.0 Å².